The van der Waals surface area contributed by atoms with E-state index < -0.39 is 53.8 Å². The highest BCUT2D eigenvalue weighted by Crippen LogP contribution is 2.43. The standard InChI is InChI=1S/C19H24N10O6S2/c20-6-7-36(32,33)13-5-4-10(16(18(13)37(23,34)35)19-26-28-29-27-19)11-2-1-3-12(24-14(30)8-21)17(11)25-15(31)9-22/h1-5H,6-9,20-22H2,(H,24,30)(H,25,31)(H2,23,34,35)(H,26,27,28,29). The zero-order valence-electron chi connectivity index (χ0n) is 19.1. The van der Waals surface area contributed by atoms with Gasteiger partial charge >= 0.3 is 0 Å². The summed E-state index contributed by atoms with van der Waals surface area (Å²) in [5.41, 5.74) is 16.2. The fraction of sp³-hybridized carbons (Fsp3) is 0.211. The van der Waals surface area contributed by atoms with Crippen molar-refractivity contribution >= 4 is 43.0 Å². The summed E-state index contributed by atoms with van der Waals surface area (Å²) in [4.78, 5) is 22.8. The minimum atomic E-state index is -4.73. The first kappa shape index (κ1) is 27.8. The lowest BCUT2D eigenvalue weighted by atomic mass is 9.96. The number of nitrogens with zero attached hydrogens (tertiary/aromatic N) is 3. The number of rotatable bonds is 10. The van der Waals surface area contributed by atoms with Crippen molar-refractivity contribution in [1.82, 2.24) is 20.6 Å². The molecule has 198 valence electrons. The van der Waals surface area contributed by atoms with E-state index in [-0.39, 0.29) is 47.0 Å². The summed E-state index contributed by atoms with van der Waals surface area (Å²) in [7, 11) is -8.96. The SMILES string of the molecule is NCCS(=O)(=O)c1ccc(-c2cccc(NC(=O)CN)c2NC(=O)CN)c(-c2nn[nH]n2)c1S(N)(=O)=O. The summed E-state index contributed by atoms with van der Waals surface area (Å²) >= 11 is 0. The van der Waals surface area contributed by atoms with Gasteiger partial charge in [0.1, 0.15) is 4.90 Å². The summed E-state index contributed by atoms with van der Waals surface area (Å²) in [5.74, 6) is -2.12. The molecule has 1 aromatic heterocycles. The van der Waals surface area contributed by atoms with Crippen LogP contribution in [0.15, 0.2) is 40.1 Å². The van der Waals surface area contributed by atoms with Crippen molar-refractivity contribution in [1.29, 1.82) is 0 Å². The fourth-order valence-corrected chi connectivity index (χ4v) is 6.23. The number of hydrogen-bond acceptors (Lipinski definition) is 12. The number of nitrogens with one attached hydrogen (secondary N) is 3. The van der Waals surface area contributed by atoms with E-state index in [0.717, 1.165) is 6.07 Å². The van der Waals surface area contributed by atoms with Crippen LogP contribution in [0, 0.1) is 0 Å². The molecule has 0 radical (unpaired) electrons. The van der Waals surface area contributed by atoms with Crippen LogP contribution in [-0.2, 0) is 29.4 Å². The largest absolute Gasteiger partial charge is 0.329 e. The third kappa shape index (κ3) is 5.96. The second-order valence-electron chi connectivity index (χ2n) is 7.44. The highest BCUT2D eigenvalue weighted by molar-refractivity contribution is 7.93. The Bertz CT molecular complexity index is 1540. The van der Waals surface area contributed by atoms with Crippen LogP contribution >= 0.6 is 0 Å². The van der Waals surface area contributed by atoms with Crippen LogP contribution in [0.1, 0.15) is 0 Å². The van der Waals surface area contributed by atoms with Gasteiger partial charge in [0.15, 0.2) is 9.84 Å². The van der Waals surface area contributed by atoms with Crippen molar-refractivity contribution in [3.8, 4) is 22.5 Å². The highest BCUT2D eigenvalue weighted by atomic mass is 32.2. The number of sulfonamides is 1. The average molecular weight is 553 g/mol. The molecule has 0 saturated heterocycles. The topological polar surface area (TPSA) is 285 Å². The number of carbonyl (C=O) groups excluding carboxylic acids is 2. The zero-order valence-corrected chi connectivity index (χ0v) is 20.8. The molecule has 0 atom stereocenters. The predicted molar refractivity (Wildman–Crippen MR) is 133 cm³/mol. The number of H-pyrrole nitrogens is 1. The Morgan fingerprint density at radius 2 is 1.59 bits per heavy atom. The fourth-order valence-electron chi connectivity index (χ4n) is 3.48. The lowest BCUT2D eigenvalue weighted by molar-refractivity contribution is -0.115. The first-order valence-electron chi connectivity index (χ1n) is 10.4. The molecule has 0 saturated carbocycles. The Balaban J connectivity index is 2.49. The summed E-state index contributed by atoms with van der Waals surface area (Å²) in [5, 5.41) is 23.8. The third-order valence-electron chi connectivity index (χ3n) is 4.96. The number of tetrazole rings is 1. The van der Waals surface area contributed by atoms with E-state index >= 15 is 0 Å². The number of hydrogen-bond donors (Lipinski definition) is 7. The number of nitrogens with two attached hydrogens (primary N) is 4. The molecule has 0 fully saturated rings. The van der Waals surface area contributed by atoms with Crippen molar-refractivity contribution in [2.45, 2.75) is 9.79 Å². The molecule has 0 unspecified atom stereocenters. The van der Waals surface area contributed by atoms with Crippen LogP contribution in [0.3, 0.4) is 0 Å². The molecule has 2 aromatic carbocycles. The average Bonchev–Trinajstić information content (AvgIpc) is 3.38. The molecule has 0 bridgehead atoms. The number of anilines is 2. The van der Waals surface area contributed by atoms with Gasteiger partial charge in [0.2, 0.25) is 27.7 Å². The van der Waals surface area contributed by atoms with E-state index in [4.69, 9.17) is 22.3 Å². The van der Waals surface area contributed by atoms with E-state index in [0.29, 0.717) is 0 Å². The van der Waals surface area contributed by atoms with E-state index in [2.05, 4.69) is 31.3 Å². The molecule has 0 aliphatic heterocycles. The molecular formula is C19H24N10O6S2. The van der Waals surface area contributed by atoms with E-state index in [9.17, 15) is 26.4 Å². The molecule has 11 N–H and O–H groups in total. The third-order valence-corrected chi connectivity index (χ3v) is 7.87. The molecule has 16 nitrogen and oxygen atoms in total. The molecule has 0 aliphatic rings. The summed E-state index contributed by atoms with van der Waals surface area (Å²) < 4.78 is 51.5. The maximum absolute atomic E-state index is 12.9. The Hall–Kier alpha value is -3.81. The second kappa shape index (κ2) is 11.1. The lowest BCUT2D eigenvalue weighted by Gasteiger charge is -2.20. The highest BCUT2D eigenvalue weighted by Gasteiger charge is 2.32. The Kier molecular flexibility index (Phi) is 8.31. The quantitative estimate of drug-likeness (QED) is 0.140. The first-order valence-corrected chi connectivity index (χ1v) is 13.6. The van der Waals surface area contributed by atoms with Gasteiger partial charge in [-0.15, -0.1) is 10.2 Å². The van der Waals surface area contributed by atoms with Crippen molar-refractivity contribution in [2.24, 2.45) is 22.3 Å². The predicted octanol–water partition coefficient (Wildman–Crippen LogP) is -2.29. The van der Waals surface area contributed by atoms with Crippen molar-refractivity contribution in [3.05, 3.63) is 30.3 Å². The van der Waals surface area contributed by atoms with E-state index in [1.807, 2.05) is 0 Å². The van der Waals surface area contributed by atoms with Gasteiger partial charge in [0, 0.05) is 12.1 Å². The number of amides is 2. The van der Waals surface area contributed by atoms with Crippen LogP contribution in [0.5, 0.6) is 0 Å². The molecule has 3 rings (SSSR count). The van der Waals surface area contributed by atoms with Crippen molar-refractivity contribution in [3.63, 3.8) is 0 Å². The van der Waals surface area contributed by atoms with Crippen LogP contribution < -0.4 is 33.0 Å². The van der Waals surface area contributed by atoms with Gasteiger partial charge in [-0.3, -0.25) is 9.59 Å². The van der Waals surface area contributed by atoms with Crippen LogP contribution in [-0.4, -0.2) is 74.7 Å². The van der Waals surface area contributed by atoms with E-state index in [1.54, 1.807) is 0 Å². The van der Waals surface area contributed by atoms with Crippen molar-refractivity contribution < 1.29 is 26.4 Å². The van der Waals surface area contributed by atoms with Gasteiger partial charge in [-0.2, -0.15) is 5.21 Å². The number of aromatic amines is 1. The van der Waals surface area contributed by atoms with Gasteiger partial charge in [0.25, 0.3) is 0 Å². The molecule has 2 amide bonds. The Morgan fingerprint density at radius 3 is 2.16 bits per heavy atom. The van der Waals surface area contributed by atoms with Gasteiger partial charge in [-0.25, -0.2) is 22.0 Å². The number of benzene rings is 2. The number of aromatic nitrogens is 4. The molecule has 37 heavy (non-hydrogen) atoms. The minimum Gasteiger partial charge on any atom is -0.329 e. The molecular weight excluding hydrogens is 528 g/mol. The molecule has 18 heteroatoms. The maximum atomic E-state index is 12.9. The molecule has 0 aliphatic carbocycles. The van der Waals surface area contributed by atoms with Crippen LogP contribution in [0.25, 0.3) is 22.5 Å². The van der Waals surface area contributed by atoms with Crippen LogP contribution in [0.4, 0.5) is 11.4 Å². The molecule has 0 spiro atoms. The second-order valence-corrected chi connectivity index (χ2v) is 11.0. The Labute approximate surface area is 211 Å². The number of primary sulfonamides is 1. The van der Waals surface area contributed by atoms with Crippen LogP contribution in [0.2, 0.25) is 0 Å². The number of sulfone groups is 1. The lowest BCUT2D eigenvalue weighted by Crippen LogP contribution is -2.25. The minimum absolute atomic E-state index is 0.0161. The normalized spacial score (nSPS) is 11.8. The number of para-hydroxylation sites is 1. The summed E-state index contributed by atoms with van der Waals surface area (Å²) in [6, 6.07) is 6.76. The zero-order chi connectivity index (χ0) is 27.4. The van der Waals surface area contributed by atoms with Gasteiger partial charge in [-0.1, -0.05) is 18.2 Å². The monoisotopic (exact) mass is 552 g/mol. The van der Waals surface area contributed by atoms with Gasteiger partial charge in [0.05, 0.1) is 40.7 Å². The van der Waals surface area contributed by atoms with Gasteiger partial charge in [-0.05, 0) is 22.9 Å². The van der Waals surface area contributed by atoms with Crippen molar-refractivity contribution in [2.75, 3.05) is 36.0 Å². The smallest absolute Gasteiger partial charge is 0.240 e. The van der Waals surface area contributed by atoms with E-state index in [1.165, 1.54) is 24.3 Å². The first-order chi connectivity index (χ1) is 17.4. The summed E-state index contributed by atoms with van der Waals surface area (Å²) in [6.45, 7) is -1.08. The Morgan fingerprint density at radius 1 is 0.919 bits per heavy atom. The number of carbonyl (C=O) groups is 2. The molecule has 1 heterocycles. The molecule has 3 aromatic rings. The van der Waals surface area contributed by atoms with Gasteiger partial charge < -0.3 is 27.8 Å². The maximum Gasteiger partial charge on any atom is 0.240 e. The summed E-state index contributed by atoms with van der Waals surface area (Å²) in [6.07, 6.45) is 0.